The molecule has 0 spiro atoms. The van der Waals surface area contributed by atoms with Crippen molar-refractivity contribution in [1.82, 2.24) is 5.32 Å². The van der Waals surface area contributed by atoms with E-state index in [1.807, 2.05) is 31.2 Å². The highest BCUT2D eigenvalue weighted by Crippen LogP contribution is 2.27. The van der Waals surface area contributed by atoms with Gasteiger partial charge in [0.1, 0.15) is 5.75 Å². The van der Waals surface area contributed by atoms with Gasteiger partial charge in [0.15, 0.2) is 5.11 Å². The smallest absolute Gasteiger partial charge is 0.273 e. The monoisotopic (exact) mass is 345 g/mol. The maximum atomic E-state index is 12.0. The first kappa shape index (κ1) is 17.4. The van der Waals surface area contributed by atoms with Crippen molar-refractivity contribution in [2.45, 2.75) is 13.3 Å². The molecule has 2 aromatic carbocycles. The molecule has 24 heavy (non-hydrogen) atoms. The molecule has 0 heterocycles. The Hall–Kier alpha value is -3.00. The molecule has 0 fully saturated rings. The number of rotatable bonds is 4. The van der Waals surface area contributed by atoms with E-state index in [4.69, 9.17) is 12.2 Å². The van der Waals surface area contributed by atoms with E-state index in [2.05, 4.69) is 10.6 Å². The molecule has 2 rings (SSSR count). The summed E-state index contributed by atoms with van der Waals surface area (Å²) in [5, 5.41) is 25.5. The zero-order valence-electron chi connectivity index (χ0n) is 12.8. The second-order valence-electron chi connectivity index (χ2n) is 5.06. The lowest BCUT2D eigenvalue weighted by Gasteiger charge is -2.11. The van der Waals surface area contributed by atoms with Gasteiger partial charge in [0.05, 0.1) is 23.1 Å². The zero-order valence-corrected chi connectivity index (χ0v) is 13.6. The SMILES string of the molecule is Cc1ccccc1CC(=O)NC(=S)Nc1ccc([N+](=O)[O-])cc1O. The summed E-state index contributed by atoms with van der Waals surface area (Å²) in [6.07, 6.45) is 0.167. The molecule has 0 saturated heterocycles. The van der Waals surface area contributed by atoms with E-state index in [1.54, 1.807) is 0 Å². The molecule has 0 aliphatic rings. The van der Waals surface area contributed by atoms with Gasteiger partial charge in [-0.1, -0.05) is 24.3 Å². The minimum absolute atomic E-state index is 0.00210. The first-order chi connectivity index (χ1) is 11.4. The largest absolute Gasteiger partial charge is 0.506 e. The van der Waals surface area contributed by atoms with Gasteiger partial charge in [0.2, 0.25) is 5.91 Å². The molecule has 0 aliphatic heterocycles. The second-order valence-corrected chi connectivity index (χ2v) is 5.47. The van der Waals surface area contributed by atoms with Crippen LogP contribution in [-0.2, 0) is 11.2 Å². The third-order valence-electron chi connectivity index (χ3n) is 3.31. The van der Waals surface area contributed by atoms with Crippen molar-refractivity contribution in [1.29, 1.82) is 0 Å². The summed E-state index contributed by atoms with van der Waals surface area (Å²) in [7, 11) is 0. The van der Waals surface area contributed by atoms with Crippen LogP contribution in [0.15, 0.2) is 42.5 Å². The van der Waals surface area contributed by atoms with E-state index in [9.17, 15) is 20.0 Å². The van der Waals surface area contributed by atoms with E-state index >= 15 is 0 Å². The highest BCUT2D eigenvalue weighted by atomic mass is 32.1. The van der Waals surface area contributed by atoms with Gasteiger partial charge in [-0.2, -0.15) is 0 Å². The van der Waals surface area contributed by atoms with Crippen LogP contribution in [0.25, 0.3) is 0 Å². The molecule has 0 bridgehead atoms. The third-order valence-corrected chi connectivity index (χ3v) is 3.51. The number of thiocarbonyl (C=S) groups is 1. The van der Waals surface area contributed by atoms with Crippen molar-refractivity contribution >= 4 is 34.6 Å². The zero-order chi connectivity index (χ0) is 17.7. The molecule has 8 heteroatoms. The molecular weight excluding hydrogens is 330 g/mol. The van der Waals surface area contributed by atoms with Crippen LogP contribution < -0.4 is 10.6 Å². The van der Waals surface area contributed by atoms with Gasteiger partial charge < -0.3 is 15.7 Å². The lowest BCUT2D eigenvalue weighted by Crippen LogP contribution is -2.35. The van der Waals surface area contributed by atoms with Crippen molar-refractivity contribution in [2.24, 2.45) is 0 Å². The van der Waals surface area contributed by atoms with E-state index in [0.717, 1.165) is 17.2 Å². The Labute approximate surface area is 143 Å². The Kier molecular flexibility index (Phi) is 5.43. The summed E-state index contributed by atoms with van der Waals surface area (Å²) in [5.41, 5.74) is 1.81. The molecule has 0 unspecified atom stereocenters. The quantitative estimate of drug-likeness (QED) is 0.341. The summed E-state index contributed by atoms with van der Waals surface area (Å²) < 4.78 is 0. The fourth-order valence-corrected chi connectivity index (χ4v) is 2.27. The molecule has 0 saturated carbocycles. The summed E-state index contributed by atoms with van der Waals surface area (Å²) in [5.74, 6) is -0.636. The third kappa shape index (κ3) is 4.50. The Morgan fingerprint density at radius 1 is 1.29 bits per heavy atom. The Morgan fingerprint density at radius 3 is 2.62 bits per heavy atom. The number of nitro groups is 1. The fourth-order valence-electron chi connectivity index (χ4n) is 2.05. The number of nitro benzene ring substituents is 1. The number of anilines is 1. The van der Waals surface area contributed by atoms with Crippen molar-refractivity contribution in [3.8, 4) is 5.75 Å². The first-order valence-electron chi connectivity index (χ1n) is 6.99. The maximum absolute atomic E-state index is 12.0. The maximum Gasteiger partial charge on any atom is 0.273 e. The molecule has 0 aromatic heterocycles. The number of non-ortho nitro benzene ring substituents is 1. The molecule has 2 aromatic rings. The number of nitrogens with one attached hydrogen (secondary N) is 2. The van der Waals surface area contributed by atoms with Crippen LogP contribution in [0.1, 0.15) is 11.1 Å². The van der Waals surface area contributed by atoms with Crippen LogP contribution >= 0.6 is 12.2 Å². The number of amides is 1. The number of carbonyl (C=O) groups is 1. The Morgan fingerprint density at radius 2 is 2.00 bits per heavy atom. The number of phenolic OH excluding ortho intramolecular Hbond substituents is 1. The Bertz CT molecular complexity index is 808. The minimum Gasteiger partial charge on any atom is -0.506 e. The van der Waals surface area contributed by atoms with Gasteiger partial charge in [0.25, 0.3) is 5.69 Å². The minimum atomic E-state index is -0.619. The van der Waals surface area contributed by atoms with E-state index in [0.29, 0.717) is 0 Å². The average Bonchev–Trinajstić information content (AvgIpc) is 2.51. The number of nitrogens with zero attached hydrogens (tertiary/aromatic N) is 1. The molecule has 0 aliphatic carbocycles. The number of benzene rings is 2. The lowest BCUT2D eigenvalue weighted by atomic mass is 10.1. The number of carbonyl (C=O) groups excluding carboxylic acids is 1. The number of aromatic hydroxyl groups is 1. The molecule has 1 amide bonds. The summed E-state index contributed by atoms with van der Waals surface area (Å²) in [6, 6.07) is 11.0. The van der Waals surface area contributed by atoms with E-state index in [-0.39, 0.29) is 34.6 Å². The van der Waals surface area contributed by atoms with Gasteiger partial charge in [-0.05, 0) is 36.3 Å². The van der Waals surface area contributed by atoms with Crippen LogP contribution in [-0.4, -0.2) is 21.0 Å². The number of aryl methyl sites for hydroxylation is 1. The molecular formula is C16H15N3O4S. The topological polar surface area (TPSA) is 104 Å². The Balaban J connectivity index is 1.97. The van der Waals surface area contributed by atoms with Crippen LogP contribution in [0, 0.1) is 17.0 Å². The predicted octanol–water partition coefficient (Wildman–Crippen LogP) is 2.66. The molecule has 124 valence electrons. The number of hydrogen-bond donors (Lipinski definition) is 3. The molecule has 3 N–H and O–H groups in total. The standard InChI is InChI=1S/C16H15N3O4S/c1-10-4-2-3-5-11(10)8-15(21)18-16(24)17-13-7-6-12(19(22)23)9-14(13)20/h2-7,9,20H,8H2,1H3,(H2,17,18,21,24). The second kappa shape index (κ2) is 7.51. The number of hydrogen-bond acceptors (Lipinski definition) is 5. The van der Waals surface area contributed by atoms with Crippen molar-refractivity contribution in [2.75, 3.05) is 5.32 Å². The number of phenols is 1. The van der Waals surface area contributed by atoms with Crippen LogP contribution in [0.5, 0.6) is 5.75 Å². The molecule has 0 atom stereocenters. The van der Waals surface area contributed by atoms with Gasteiger partial charge >= 0.3 is 0 Å². The van der Waals surface area contributed by atoms with Gasteiger partial charge in [-0.15, -0.1) is 0 Å². The van der Waals surface area contributed by atoms with Gasteiger partial charge in [-0.25, -0.2) is 0 Å². The van der Waals surface area contributed by atoms with Crippen molar-refractivity contribution in [3.05, 3.63) is 63.7 Å². The summed E-state index contributed by atoms with van der Waals surface area (Å²) in [4.78, 5) is 22.0. The van der Waals surface area contributed by atoms with Crippen LogP contribution in [0.4, 0.5) is 11.4 Å². The first-order valence-corrected chi connectivity index (χ1v) is 7.40. The van der Waals surface area contributed by atoms with E-state index in [1.165, 1.54) is 12.1 Å². The normalized spacial score (nSPS) is 10.0. The molecule has 0 radical (unpaired) electrons. The highest BCUT2D eigenvalue weighted by Gasteiger charge is 2.12. The van der Waals surface area contributed by atoms with Crippen LogP contribution in [0.2, 0.25) is 0 Å². The van der Waals surface area contributed by atoms with Crippen LogP contribution in [0.3, 0.4) is 0 Å². The highest BCUT2D eigenvalue weighted by molar-refractivity contribution is 7.80. The van der Waals surface area contributed by atoms with E-state index < -0.39 is 4.92 Å². The summed E-state index contributed by atoms with van der Waals surface area (Å²) >= 11 is 5.02. The lowest BCUT2D eigenvalue weighted by molar-refractivity contribution is -0.384. The fraction of sp³-hybridized carbons (Fsp3) is 0.125. The summed E-state index contributed by atoms with van der Waals surface area (Å²) in [6.45, 7) is 1.91. The predicted molar refractivity (Wildman–Crippen MR) is 94.0 cm³/mol. The van der Waals surface area contributed by atoms with Gasteiger partial charge in [0, 0.05) is 6.07 Å². The van der Waals surface area contributed by atoms with Crippen molar-refractivity contribution in [3.63, 3.8) is 0 Å². The average molecular weight is 345 g/mol. The van der Waals surface area contributed by atoms with Gasteiger partial charge in [-0.3, -0.25) is 14.9 Å². The van der Waals surface area contributed by atoms with Crippen molar-refractivity contribution < 1.29 is 14.8 Å². The molecule has 7 nitrogen and oxygen atoms in total.